The van der Waals surface area contributed by atoms with Crippen LogP contribution in [0.3, 0.4) is 0 Å². The van der Waals surface area contributed by atoms with Crippen LogP contribution in [0.25, 0.3) is 0 Å². The quantitative estimate of drug-likeness (QED) is 0.390. The number of carbonyl (C=O) groups excluding carboxylic acids is 1. The van der Waals surface area contributed by atoms with Crippen LogP contribution in [-0.4, -0.2) is 26.9 Å². The average molecular weight is 147 g/mol. The summed E-state index contributed by atoms with van der Waals surface area (Å²) in [6.45, 7) is 1.48. The first kappa shape index (κ1) is 8.09. The van der Waals surface area contributed by atoms with Crippen molar-refractivity contribution in [2.75, 3.05) is 7.05 Å². The highest BCUT2D eigenvalue weighted by molar-refractivity contribution is 6.37. The molecule has 0 rings (SSSR count). The van der Waals surface area contributed by atoms with Crippen LogP contribution in [-0.2, 0) is 4.46 Å². The number of hydrogen-bond donors (Lipinski definition) is 2. The Kier molecular flexibility index (Phi) is 2.86. The van der Waals surface area contributed by atoms with Gasteiger partial charge in [0.2, 0.25) is 0 Å². The molecule has 0 aromatic rings. The molecule has 0 aromatic carbocycles. The van der Waals surface area contributed by atoms with Crippen LogP contribution in [0.5, 0.6) is 0 Å². The molecule has 0 spiro atoms. The Morgan fingerprint density at radius 2 is 2.22 bits per heavy atom. The van der Waals surface area contributed by atoms with Crippen molar-refractivity contribution in [2.24, 2.45) is 5.73 Å². The predicted molar refractivity (Wildman–Crippen MR) is 32.8 cm³/mol. The third-order valence-electron chi connectivity index (χ3n) is 0.656. The topological polar surface area (TPSA) is 75.4 Å². The predicted octanol–water partition coefficient (Wildman–Crippen LogP) is -0.950. The van der Waals surface area contributed by atoms with E-state index in [-0.39, 0.29) is 0 Å². The number of amides is 2. The first-order valence-corrected chi connectivity index (χ1v) is 4.25. The number of hydrogen-bond acceptors (Lipinski definition) is 2. The fourth-order valence-electron chi connectivity index (χ4n) is 0.291. The minimum atomic E-state index is -1.85. The number of nitrogens with two attached hydrogens (primary N) is 1. The average Bonchev–Trinajstić information content (AvgIpc) is 1.63. The van der Waals surface area contributed by atoms with Gasteiger partial charge in [0.1, 0.15) is 0 Å². The first-order chi connectivity index (χ1) is 4.04. The smallest absolute Gasteiger partial charge is 0.358 e. The van der Waals surface area contributed by atoms with E-state index in [1.807, 2.05) is 0 Å². The van der Waals surface area contributed by atoms with Gasteiger partial charge in [-0.25, -0.2) is 9.80 Å². The largest absolute Gasteiger partial charge is 0.408 e. The van der Waals surface area contributed by atoms with Crippen molar-refractivity contribution < 1.29 is 9.26 Å². The molecule has 0 aromatic heterocycles. The summed E-state index contributed by atoms with van der Waals surface area (Å²) in [5.74, 6) is 0. The Hall–Kier alpha value is -0.913. The van der Waals surface area contributed by atoms with Gasteiger partial charge in [0.25, 0.3) is 0 Å². The molecule has 0 fully saturated rings. The molecule has 0 aliphatic carbocycles. The Morgan fingerprint density at radius 3 is 2.33 bits per heavy atom. The van der Waals surface area contributed by atoms with E-state index in [1.54, 1.807) is 0 Å². The normalized spacial score (nSPS) is 8.22. The lowest BCUT2D eigenvalue weighted by atomic mass is 11.0. The third-order valence-corrected chi connectivity index (χ3v) is 1.31. The number of primary amides is 1. The van der Waals surface area contributed by atoms with Crippen molar-refractivity contribution in [3.05, 3.63) is 0 Å². The molecule has 0 heterocycles. The first-order valence-electron chi connectivity index (χ1n) is 2.34. The summed E-state index contributed by atoms with van der Waals surface area (Å²) in [5, 5.41) is 3.33. The lowest BCUT2D eigenvalue weighted by molar-refractivity contribution is 0.210. The molecule has 0 unspecified atom stereocenters. The van der Waals surface area contributed by atoms with Gasteiger partial charge in [-0.05, 0) is 0 Å². The standard InChI is InChI=1S/C3H9N3O2Si/c1-6(3(4)7)5-9(2)8/h5H,1-2H3,(H2,4,7). The second-order valence-electron chi connectivity index (χ2n) is 1.57. The summed E-state index contributed by atoms with van der Waals surface area (Å²) < 4.78 is 10.4. The van der Waals surface area contributed by atoms with E-state index in [0.717, 1.165) is 5.01 Å². The summed E-state index contributed by atoms with van der Waals surface area (Å²) >= 11 is 0. The molecule has 0 saturated carbocycles. The molecule has 52 valence electrons. The van der Waals surface area contributed by atoms with Crippen molar-refractivity contribution in [3.8, 4) is 0 Å². The second-order valence-corrected chi connectivity index (χ2v) is 2.90. The third kappa shape index (κ3) is 3.65. The molecule has 0 atom stereocenters. The van der Waals surface area contributed by atoms with Crippen molar-refractivity contribution in [3.63, 3.8) is 0 Å². The highest BCUT2D eigenvalue weighted by Gasteiger charge is 2.03. The monoisotopic (exact) mass is 147 g/mol. The lowest BCUT2D eigenvalue weighted by Crippen LogP contribution is -2.46. The summed E-state index contributed by atoms with van der Waals surface area (Å²) in [6.07, 6.45) is 0. The van der Waals surface area contributed by atoms with Crippen LogP contribution in [0.4, 0.5) is 4.79 Å². The van der Waals surface area contributed by atoms with Gasteiger partial charge in [-0.2, -0.15) is 0 Å². The van der Waals surface area contributed by atoms with E-state index in [1.165, 1.54) is 13.6 Å². The highest BCUT2D eigenvalue weighted by atomic mass is 28.3. The van der Waals surface area contributed by atoms with Crippen LogP contribution in [0.1, 0.15) is 0 Å². The van der Waals surface area contributed by atoms with Crippen LogP contribution in [0.2, 0.25) is 6.55 Å². The van der Waals surface area contributed by atoms with Crippen LogP contribution < -0.4 is 10.8 Å². The molecule has 0 saturated heterocycles. The number of nitrogens with zero attached hydrogens (tertiary/aromatic N) is 1. The SMILES string of the molecule is CN(N[Si](C)=O)C(N)=O. The van der Waals surface area contributed by atoms with E-state index in [4.69, 9.17) is 5.73 Å². The minimum absolute atomic E-state index is 0.643. The molecule has 5 nitrogen and oxygen atoms in total. The van der Waals surface area contributed by atoms with Crippen molar-refractivity contribution in [2.45, 2.75) is 6.55 Å². The van der Waals surface area contributed by atoms with Crippen LogP contribution in [0.15, 0.2) is 0 Å². The Labute approximate surface area is 54.5 Å². The maximum atomic E-state index is 10.4. The fraction of sp³-hybridized carbons (Fsp3) is 0.667. The van der Waals surface area contributed by atoms with E-state index in [9.17, 15) is 9.26 Å². The zero-order chi connectivity index (χ0) is 7.44. The maximum Gasteiger partial charge on any atom is 0.408 e. The number of hydrazine groups is 1. The number of urea groups is 1. The fourth-order valence-corrected chi connectivity index (χ4v) is 0.874. The van der Waals surface area contributed by atoms with E-state index >= 15 is 0 Å². The number of carbonyl (C=O) groups is 1. The molecule has 3 N–H and O–H groups in total. The zero-order valence-corrected chi connectivity index (χ0v) is 6.34. The van der Waals surface area contributed by atoms with Crippen molar-refractivity contribution in [1.82, 2.24) is 10.1 Å². The molecule has 2 amide bonds. The van der Waals surface area contributed by atoms with Gasteiger partial charge in [0.15, 0.2) is 0 Å². The van der Waals surface area contributed by atoms with E-state index < -0.39 is 14.9 Å². The van der Waals surface area contributed by atoms with Crippen molar-refractivity contribution in [1.29, 1.82) is 0 Å². The lowest BCUT2D eigenvalue weighted by Gasteiger charge is -2.12. The van der Waals surface area contributed by atoms with Gasteiger partial charge in [-0.3, -0.25) is 5.09 Å². The van der Waals surface area contributed by atoms with Crippen LogP contribution in [0, 0.1) is 0 Å². The Balaban J connectivity index is 3.63. The van der Waals surface area contributed by atoms with Crippen molar-refractivity contribution >= 4 is 14.9 Å². The maximum absolute atomic E-state index is 10.4. The van der Waals surface area contributed by atoms with Gasteiger partial charge in [0.05, 0.1) is 0 Å². The highest BCUT2D eigenvalue weighted by Crippen LogP contribution is 1.70. The van der Waals surface area contributed by atoms with Crippen LogP contribution >= 0.6 is 0 Å². The molecular weight excluding hydrogens is 138 g/mol. The summed E-state index contributed by atoms with van der Waals surface area (Å²) in [6, 6.07) is -0.643. The second kappa shape index (κ2) is 3.18. The molecule has 6 heteroatoms. The van der Waals surface area contributed by atoms with Gasteiger partial charge in [0, 0.05) is 13.6 Å². The summed E-state index contributed by atoms with van der Waals surface area (Å²) in [5.41, 5.74) is 4.79. The van der Waals surface area contributed by atoms with E-state index in [2.05, 4.69) is 5.09 Å². The molecule has 0 aliphatic rings. The molecule has 9 heavy (non-hydrogen) atoms. The Morgan fingerprint density at radius 1 is 1.78 bits per heavy atom. The number of nitrogens with one attached hydrogen (secondary N) is 1. The summed E-state index contributed by atoms with van der Waals surface area (Å²) in [7, 11) is -0.442. The van der Waals surface area contributed by atoms with Gasteiger partial charge in [-0.15, -0.1) is 0 Å². The van der Waals surface area contributed by atoms with E-state index in [0.29, 0.717) is 0 Å². The van der Waals surface area contributed by atoms with Gasteiger partial charge in [-0.1, -0.05) is 0 Å². The molecular formula is C3H9N3O2Si. The molecule has 0 bridgehead atoms. The molecule has 0 aliphatic heterocycles. The number of rotatable bonds is 2. The Bertz CT molecular complexity index is 137. The summed E-state index contributed by atoms with van der Waals surface area (Å²) in [4.78, 5) is 10.2. The minimum Gasteiger partial charge on any atom is -0.358 e. The molecule has 0 radical (unpaired) electrons. The van der Waals surface area contributed by atoms with Gasteiger partial charge >= 0.3 is 14.9 Å². The van der Waals surface area contributed by atoms with Gasteiger partial charge < -0.3 is 10.2 Å². The zero-order valence-electron chi connectivity index (χ0n) is 5.34.